The van der Waals surface area contributed by atoms with Crippen molar-refractivity contribution in [3.63, 3.8) is 0 Å². The van der Waals surface area contributed by atoms with Crippen LogP contribution < -0.4 is 15.7 Å². The van der Waals surface area contributed by atoms with E-state index in [0.717, 1.165) is 12.8 Å². The Kier molecular flexibility index (Phi) is 4.10. The van der Waals surface area contributed by atoms with Crippen molar-refractivity contribution >= 4 is 27.4 Å². The van der Waals surface area contributed by atoms with Gasteiger partial charge in [0.05, 0.1) is 4.90 Å². The van der Waals surface area contributed by atoms with Gasteiger partial charge >= 0.3 is 5.69 Å². The highest BCUT2D eigenvalue weighted by molar-refractivity contribution is 7.92. The molecule has 24 heavy (non-hydrogen) atoms. The van der Waals surface area contributed by atoms with E-state index in [-0.39, 0.29) is 22.7 Å². The third kappa shape index (κ3) is 3.62. The fraction of sp³-hybridized carbons (Fsp3) is 0.267. The number of nitrogens with one attached hydrogen (secondary N) is 2. The Morgan fingerprint density at radius 1 is 1.21 bits per heavy atom. The quantitative estimate of drug-likeness (QED) is 0.847. The number of carbonyl (C=O) groups is 1. The normalized spacial score (nSPS) is 14.2. The SMILES string of the molecule is CC(=O)Nc1ccc(S(=O)(=O)Nc2ccn(C3CC3)c(=O)n2)cc1. The molecule has 0 atom stereocenters. The van der Waals surface area contributed by atoms with Gasteiger partial charge in [0.1, 0.15) is 5.82 Å². The summed E-state index contributed by atoms with van der Waals surface area (Å²) in [5.41, 5.74) is 0.0188. The summed E-state index contributed by atoms with van der Waals surface area (Å²) < 4.78 is 28.4. The van der Waals surface area contributed by atoms with E-state index in [0.29, 0.717) is 5.69 Å². The summed E-state index contributed by atoms with van der Waals surface area (Å²) in [6, 6.07) is 7.32. The summed E-state index contributed by atoms with van der Waals surface area (Å²) in [5.74, 6) is -0.271. The van der Waals surface area contributed by atoms with Crippen LogP contribution in [0.2, 0.25) is 0 Å². The molecule has 1 saturated carbocycles. The average molecular weight is 348 g/mol. The van der Waals surface area contributed by atoms with Crippen molar-refractivity contribution in [1.82, 2.24) is 9.55 Å². The summed E-state index contributed by atoms with van der Waals surface area (Å²) in [5, 5.41) is 2.55. The lowest BCUT2D eigenvalue weighted by Gasteiger charge is -2.09. The summed E-state index contributed by atoms with van der Waals surface area (Å²) in [4.78, 5) is 26.6. The first-order valence-electron chi connectivity index (χ1n) is 7.35. The van der Waals surface area contributed by atoms with Crippen molar-refractivity contribution in [2.75, 3.05) is 10.0 Å². The van der Waals surface area contributed by atoms with Crippen molar-refractivity contribution in [3.8, 4) is 0 Å². The number of anilines is 2. The predicted molar refractivity (Wildman–Crippen MR) is 88.3 cm³/mol. The van der Waals surface area contributed by atoms with Gasteiger partial charge in [-0.2, -0.15) is 4.98 Å². The molecule has 1 aromatic heterocycles. The molecule has 0 aliphatic heterocycles. The molecule has 1 aliphatic rings. The fourth-order valence-corrected chi connectivity index (χ4v) is 3.22. The number of aromatic nitrogens is 2. The minimum atomic E-state index is -3.87. The second-order valence-electron chi connectivity index (χ2n) is 5.54. The van der Waals surface area contributed by atoms with Gasteiger partial charge in [-0.15, -0.1) is 0 Å². The van der Waals surface area contributed by atoms with Crippen LogP contribution in [0.5, 0.6) is 0 Å². The topological polar surface area (TPSA) is 110 Å². The first-order chi connectivity index (χ1) is 11.3. The Balaban J connectivity index is 1.79. The number of amides is 1. The van der Waals surface area contributed by atoms with Crippen LogP contribution in [0.3, 0.4) is 0 Å². The summed E-state index contributed by atoms with van der Waals surface area (Å²) in [7, 11) is -3.87. The zero-order valence-electron chi connectivity index (χ0n) is 12.9. The minimum Gasteiger partial charge on any atom is -0.326 e. The number of hydrogen-bond acceptors (Lipinski definition) is 5. The fourth-order valence-electron chi connectivity index (χ4n) is 2.22. The highest BCUT2D eigenvalue weighted by Crippen LogP contribution is 2.33. The van der Waals surface area contributed by atoms with E-state index in [4.69, 9.17) is 0 Å². The largest absolute Gasteiger partial charge is 0.349 e. The van der Waals surface area contributed by atoms with E-state index < -0.39 is 15.7 Å². The third-order valence-corrected chi connectivity index (χ3v) is 4.86. The molecule has 0 unspecified atom stereocenters. The minimum absolute atomic E-state index is 0.00442. The van der Waals surface area contributed by atoms with Crippen LogP contribution in [-0.2, 0) is 14.8 Å². The first kappa shape index (κ1) is 16.2. The van der Waals surface area contributed by atoms with Gasteiger partial charge in [0.25, 0.3) is 10.0 Å². The lowest BCUT2D eigenvalue weighted by atomic mass is 10.3. The van der Waals surface area contributed by atoms with E-state index in [1.165, 1.54) is 41.8 Å². The number of nitrogens with zero attached hydrogens (tertiary/aromatic N) is 2. The average Bonchev–Trinajstić information content (AvgIpc) is 3.31. The summed E-state index contributed by atoms with van der Waals surface area (Å²) in [6.45, 7) is 1.36. The second kappa shape index (κ2) is 6.08. The molecule has 1 amide bonds. The maximum atomic E-state index is 12.3. The maximum Gasteiger partial charge on any atom is 0.349 e. The van der Waals surface area contributed by atoms with Crippen LogP contribution in [0.1, 0.15) is 25.8 Å². The molecule has 3 rings (SSSR count). The van der Waals surface area contributed by atoms with Crippen LogP contribution in [0.25, 0.3) is 0 Å². The van der Waals surface area contributed by atoms with E-state index in [1.807, 2.05) is 0 Å². The second-order valence-corrected chi connectivity index (χ2v) is 7.23. The number of sulfonamides is 1. The summed E-state index contributed by atoms with van der Waals surface area (Å²) in [6.07, 6.45) is 3.42. The van der Waals surface area contributed by atoms with Gasteiger partial charge in [-0.1, -0.05) is 0 Å². The van der Waals surface area contributed by atoms with Gasteiger partial charge in [-0.25, -0.2) is 13.2 Å². The molecular formula is C15H16N4O4S. The molecular weight excluding hydrogens is 332 g/mol. The van der Waals surface area contributed by atoms with Crippen molar-refractivity contribution in [1.29, 1.82) is 0 Å². The van der Waals surface area contributed by atoms with Gasteiger partial charge in [-0.05, 0) is 43.2 Å². The predicted octanol–water partition coefficient (Wildman–Crippen LogP) is 1.34. The van der Waals surface area contributed by atoms with Gasteiger partial charge in [0, 0.05) is 24.8 Å². The van der Waals surface area contributed by atoms with E-state index in [2.05, 4.69) is 15.0 Å². The molecule has 1 fully saturated rings. The van der Waals surface area contributed by atoms with Crippen molar-refractivity contribution in [2.45, 2.75) is 30.7 Å². The van der Waals surface area contributed by atoms with Gasteiger partial charge < -0.3 is 5.32 Å². The van der Waals surface area contributed by atoms with Crippen LogP contribution in [-0.4, -0.2) is 23.9 Å². The number of benzene rings is 1. The molecule has 1 heterocycles. The molecule has 1 aromatic carbocycles. The lowest BCUT2D eigenvalue weighted by Crippen LogP contribution is -2.24. The van der Waals surface area contributed by atoms with Crippen LogP contribution in [0.15, 0.2) is 46.2 Å². The van der Waals surface area contributed by atoms with Crippen LogP contribution in [0.4, 0.5) is 11.5 Å². The molecule has 126 valence electrons. The number of carbonyl (C=O) groups excluding carboxylic acids is 1. The van der Waals surface area contributed by atoms with Gasteiger partial charge in [0.15, 0.2) is 0 Å². The monoisotopic (exact) mass is 348 g/mol. The summed E-state index contributed by atoms with van der Waals surface area (Å²) >= 11 is 0. The van der Waals surface area contributed by atoms with Crippen LogP contribution in [0, 0.1) is 0 Å². The Morgan fingerprint density at radius 3 is 2.42 bits per heavy atom. The lowest BCUT2D eigenvalue weighted by molar-refractivity contribution is -0.114. The molecule has 2 aromatic rings. The smallest absolute Gasteiger partial charge is 0.326 e. The Morgan fingerprint density at radius 2 is 1.88 bits per heavy atom. The molecule has 2 N–H and O–H groups in total. The Hall–Kier alpha value is -2.68. The van der Waals surface area contributed by atoms with Gasteiger partial charge in [0.2, 0.25) is 5.91 Å². The molecule has 1 aliphatic carbocycles. The first-order valence-corrected chi connectivity index (χ1v) is 8.83. The van der Waals surface area contributed by atoms with Gasteiger partial charge in [-0.3, -0.25) is 14.1 Å². The van der Waals surface area contributed by atoms with E-state index >= 15 is 0 Å². The molecule has 0 saturated heterocycles. The molecule has 8 nitrogen and oxygen atoms in total. The van der Waals surface area contributed by atoms with Crippen molar-refractivity contribution in [3.05, 3.63) is 47.0 Å². The van der Waals surface area contributed by atoms with E-state index in [9.17, 15) is 18.0 Å². The zero-order valence-corrected chi connectivity index (χ0v) is 13.7. The standard InChI is InChI=1S/C15H16N4O4S/c1-10(20)16-11-2-6-13(7-3-11)24(22,23)18-14-8-9-19(12-4-5-12)15(21)17-14/h2-3,6-9,12H,4-5H2,1H3,(H,16,20)(H,17,18,21). The Labute approximate surface area is 138 Å². The van der Waals surface area contributed by atoms with E-state index in [1.54, 1.807) is 6.20 Å². The molecule has 9 heteroatoms. The maximum absolute atomic E-state index is 12.3. The third-order valence-electron chi connectivity index (χ3n) is 3.49. The molecule has 0 radical (unpaired) electrons. The number of hydrogen-bond donors (Lipinski definition) is 2. The Bertz CT molecular complexity index is 931. The number of rotatable bonds is 5. The van der Waals surface area contributed by atoms with Crippen molar-refractivity contribution < 1.29 is 13.2 Å². The highest BCUT2D eigenvalue weighted by Gasteiger charge is 2.25. The molecule has 0 bridgehead atoms. The molecule has 0 spiro atoms. The van der Waals surface area contributed by atoms with Crippen molar-refractivity contribution in [2.24, 2.45) is 0 Å². The van der Waals surface area contributed by atoms with Crippen LogP contribution >= 0.6 is 0 Å². The highest BCUT2D eigenvalue weighted by atomic mass is 32.2. The zero-order chi connectivity index (χ0) is 17.3.